The van der Waals surface area contributed by atoms with Gasteiger partial charge in [0.2, 0.25) is 0 Å². The van der Waals surface area contributed by atoms with Gasteiger partial charge in [0.25, 0.3) is 0 Å². The van der Waals surface area contributed by atoms with Gasteiger partial charge in [-0.3, -0.25) is 0 Å². The Morgan fingerprint density at radius 2 is 1.59 bits per heavy atom. The first-order valence-corrected chi connectivity index (χ1v) is 12.1. The molecule has 0 saturated carbocycles. The zero-order valence-electron chi connectivity index (χ0n) is 18.8. The predicted octanol–water partition coefficient (Wildman–Crippen LogP) is 1.42. The van der Waals surface area contributed by atoms with Gasteiger partial charge in [0.1, 0.15) is 0 Å². The van der Waals surface area contributed by atoms with E-state index in [1.54, 1.807) is 12.5 Å². The first-order chi connectivity index (χ1) is 15.8. The van der Waals surface area contributed by atoms with Crippen LogP contribution < -0.4 is 24.8 Å². The molecule has 1 aromatic heterocycles. The molecule has 4 heteroatoms. The zero-order chi connectivity index (χ0) is 22.2. The summed E-state index contributed by atoms with van der Waals surface area (Å²) < 4.78 is 7.17. The van der Waals surface area contributed by atoms with Crippen molar-refractivity contribution in [2.75, 3.05) is 0 Å². The van der Waals surface area contributed by atoms with Crippen molar-refractivity contribution in [2.24, 2.45) is 0 Å². The van der Waals surface area contributed by atoms with Gasteiger partial charge in [-0.05, 0) is 6.42 Å². The molecule has 0 aliphatic heterocycles. The Morgan fingerprint density at radius 3 is 2.24 bits per heavy atom. The Balaban J connectivity index is 0.000000180. The van der Waals surface area contributed by atoms with Gasteiger partial charge in [-0.2, -0.15) is 35.9 Å². The molecule has 1 aliphatic rings. The fourth-order valence-corrected chi connectivity index (χ4v) is 4.27. The normalized spacial score (nSPS) is 10.1. The third-order valence-corrected chi connectivity index (χ3v) is 6.27. The molecule has 0 bridgehead atoms. The van der Waals surface area contributed by atoms with E-state index in [0.29, 0.717) is 0 Å². The summed E-state index contributed by atoms with van der Waals surface area (Å²) in [7, 11) is 0. The van der Waals surface area contributed by atoms with E-state index in [1.165, 1.54) is 63.2 Å². The molecule has 0 spiro atoms. The van der Waals surface area contributed by atoms with Crippen molar-refractivity contribution in [1.29, 1.82) is 0 Å². The number of hydrogen-bond donors (Lipinski definition) is 0. The number of fused-ring (bicyclic) bond motifs is 3. The fraction of sp³-hybridized carbons (Fsp3) is 0.0667. The van der Waals surface area contributed by atoms with Crippen molar-refractivity contribution in [1.82, 2.24) is 0 Å². The Hall–Kier alpha value is -2.38. The molecule has 5 aromatic rings. The minimum absolute atomic E-state index is 0. The Kier molecular flexibility index (Phi) is 11.6. The third kappa shape index (κ3) is 7.06. The van der Waals surface area contributed by atoms with Crippen LogP contribution in [-0.2, 0) is 30.7 Å². The van der Waals surface area contributed by atoms with Gasteiger partial charge in [0, 0.05) is 12.5 Å². The van der Waals surface area contributed by atoms with Gasteiger partial charge in [-0.15, -0.1) is 23.3 Å². The van der Waals surface area contributed by atoms with E-state index in [-0.39, 0.29) is 24.8 Å². The molecule has 1 nitrogen and oxygen atoms in total. The molecule has 4 aromatic carbocycles. The molecule has 0 radical (unpaired) electrons. The second-order valence-electron chi connectivity index (χ2n) is 7.59. The maximum absolute atomic E-state index is 4.99. The van der Waals surface area contributed by atoms with Crippen LogP contribution in [0.3, 0.4) is 0 Å². The van der Waals surface area contributed by atoms with E-state index in [9.17, 15) is 0 Å². The average Bonchev–Trinajstić information content (AvgIpc) is 3.60. The van der Waals surface area contributed by atoms with Gasteiger partial charge in [0.05, 0.1) is 0 Å². The first-order valence-electron chi connectivity index (χ1n) is 10.6. The molecule has 34 heavy (non-hydrogen) atoms. The molecule has 170 valence electrons. The standard InChI is InChI=1S/C13H9.C10H9O.C7H6.2ClH.Zr/c1-3-7-12-10(5-1)9-11-6-2-4-8-13(11)12;1-8-3-2-4-10(8)9-5-6-11-7-9;1-7-5-3-2-4-6-7;;;/h1-5,7-8H,9H2;2-7H,1H3;1-6H;2*1H;/q2*-1;;;;+2/p-2. The summed E-state index contributed by atoms with van der Waals surface area (Å²) in [6, 6.07) is 36.7. The SMILES string of the molecule is Cc1ccc[c-]1-c1ccoc1.[Cl-].[Cl-].[Zr+2]=[CH]c1ccccc1.[c-]1cccc2c1Cc1ccccc1-2. The predicted molar refractivity (Wildman–Crippen MR) is 130 cm³/mol. The second kappa shape index (κ2) is 14.1. The van der Waals surface area contributed by atoms with Crippen LogP contribution in [0.15, 0.2) is 114 Å². The summed E-state index contributed by atoms with van der Waals surface area (Å²) in [5.41, 5.74) is 10.6. The summed E-state index contributed by atoms with van der Waals surface area (Å²) in [5, 5.41) is 0. The second-order valence-corrected chi connectivity index (χ2v) is 8.30. The number of hydrogen-bond acceptors (Lipinski definition) is 1. The van der Waals surface area contributed by atoms with Crippen molar-refractivity contribution in [3.63, 3.8) is 0 Å². The van der Waals surface area contributed by atoms with Crippen LogP contribution in [0.5, 0.6) is 0 Å². The molecule has 0 fully saturated rings. The number of halogens is 2. The van der Waals surface area contributed by atoms with Gasteiger partial charge in [-0.1, -0.05) is 59.5 Å². The van der Waals surface area contributed by atoms with E-state index in [0.717, 1.165) is 12.0 Å². The van der Waals surface area contributed by atoms with Gasteiger partial charge in [0.15, 0.2) is 0 Å². The molecule has 0 saturated heterocycles. The van der Waals surface area contributed by atoms with Crippen LogP contribution in [0.1, 0.15) is 22.3 Å². The van der Waals surface area contributed by atoms with Gasteiger partial charge < -0.3 is 29.2 Å². The molecule has 1 heterocycles. The zero-order valence-corrected chi connectivity index (χ0v) is 22.8. The molecule has 0 atom stereocenters. The average molecular weight is 563 g/mol. The molecule has 6 rings (SSSR count). The van der Waals surface area contributed by atoms with Crippen molar-refractivity contribution in [2.45, 2.75) is 13.3 Å². The number of aryl methyl sites for hydroxylation is 1. The fourth-order valence-electron chi connectivity index (χ4n) is 3.80. The Morgan fingerprint density at radius 1 is 0.853 bits per heavy atom. The molecular formula is C30H24Cl2OZr-2. The summed E-state index contributed by atoms with van der Waals surface area (Å²) in [4.78, 5) is 0. The molecule has 1 aliphatic carbocycles. The maximum Gasteiger partial charge on any atom is -0.0253 e. The maximum atomic E-state index is 4.99. The van der Waals surface area contributed by atoms with E-state index in [1.807, 2.05) is 18.2 Å². The van der Waals surface area contributed by atoms with Crippen LogP contribution in [0.4, 0.5) is 0 Å². The van der Waals surface area contributed by atoms with Crippen LogP contribution in [0, 0.1) is 13.0 Å². The summed E-state index contributed by atoms with van der Waals surface area (Å²) in [6.45, 7) is 2.10. The van der Waals surface area contributed by atoms with E-state index < -0.39 is 0 Å². The topological polar surface area (TPSA) is 13.1 Å². The Labute approximate surface area is 229 Å². The minimum Gasteiger partial charge on any atom is -0.179 e. The molecule has 0 amide bonds. The quantitative estimate of drug-likeness (QED) is 0.291. The van der Waals surface area contributed by atoms with E-state index in [2.05, 4.69) is 95.6 Å². The van der Waals surface area contributed by atoms with Crippen LogP contribution in [0.2, 0.25) is 0 Å². The largest absolute Gasteiger partial charge is 0.179 e. The van der Waals surface area contributed by atoms with Crippen LogP contribution in [0.25, 0.3) is 22.3 Å². The molecule has 0 N–H and O–H groups in total. The summed E-state index contributed by atoms with van der Waals surface area (Å²) >= 11 is 1.46. The van der Waals surface area contributed by atoms with E-state index in [4.69, 9.17) is 4.42 Å². The Bertz CT molecular complexity index is 1230. The van der Waals surface area contributed by atoms with Crippen LogP contribution >= 0.6 is 0 Å². The molecular weight excluding hydrogens is 538 g/mol. The summed E-state index contributed by atoms with van der Waals surface area (Å²) in [6.07, 6.45) is 4.51. The summed E-state index contributed by atoms with van der Waals surface area (Å²) in [5.74, 6) is 0. The minimum atomic E-state index is 0. The van der Waals surface area contributed by atoms with Crippen molar-refractivity contribution in [3.05, 3.63) is 138 Å². The third-order valence-electron chi connectivity index (χ3n) is 5.45. The van der Waals surface area contributed by atoms with E-state index >= 15 is 0 Å². The monoisotopic (exact) mass is 560 g/mol. The van der Waals surface area contributed by atoms with Gasteiger partial charge >= 0.3 is 63.8 Å². The number of rotatable bonds is 2. The first kappa shape index (κ1) is 27.9. The van der Waals surface area contributed by atoms with Crippen molar-refractivity contribution < 1.29 is 53.5 Å². The number of benzene rings is 3. The van der Waals surface area contributed by atoms with Crippen molar-refractivity contribution >= 4 is 3.71 Å². The van der Waals surface area contributed by atoms with Crippen LogP contribution in [-0.4, -0.2) is 3.71 Å². The smallest absolute Gasteiger partial charge is 0.0253 e. The van der Waals surface area contributed by atoms with Gasteiger partial charge in [-0.25, -0.2) is 0 Å². The number of furan rings is 1. The molecule has 0 unspecified atom stereocenters. The van der Waals surface area contributed by atoms with Crippen molar-refractivity contribution in [3.8, 4) is 22.3 Å².